The molecule has 1 rings (SSSR count). The van der Waals surface area contributed by atoms with E-state index < -0.39 is 18.8 Å². The molecule has 0 aromatic carbocycles. The van der Waals surface area contributed by atoms with Gasteiger partial charge in [0.05, 0.1) is 12.4 Å². The van der Waals surface area contributed by atoms with E-state index in [-0.39, 0.29) is 18.9 Å². The van der Waals surface area contributed by atoms with Gasteiger partial charge >= 0.3 is 12.1 Å². The van der Waals surface area contributed by atoms with Crippen LogP contribution in [0.1, 0.15) is 12.6 Å². The second-order valence-corrected chi connectivity index (χ2v) is 4.83. The number of carboxylic acids is 1. The van der Waals surface area contributed by atoms with E-state index in [9.17, 15) is 18.0 Å². The molecule has 0 aliphatic rings. The number of halogens is 3. The van der Waals surface area contributed by atoms with Crippen LogP contribution < -0.4 is 0 Å². The van der Waals surface area contributed by atoms with E-state index in [2.05, 4.69) is 9.72 Å². The summed E-state index contributed by atoms with van der Waals surface area (Å²) < 4.78 is 42.1. The molecule has 5 nitrogen and oxygen atoms in total. The molecule has 1 heterocycles. The first-order valence-electron chi connectivity index (χ1n) is 5.87. The largest absolute Gasteiger partial charge is 0.481 e. The first-order valence-corrected chi connectivity index (χ1v) is 6.85. The van der Waals surface area contributed by atoms with Gasteiger partial charge in [-0.25, -0.2) is 4.98 Å². The van der Waals surface area contributed by atoms with Crippen molar-refractivity contribution >= 4 is 17.7 Å². The van der Waals surface area contributed by atoms with Crippen LogP contribution in [0.5, 0.6) is 0 Å². The molecule has 0 spiro atoms. The lowest BCUT2D eigenvalue weighted by atomic mass is 10.3. The number of alkyl halides is 3. The van der Waals surface area contributed by atoms with Gasteiger partial charge in [0.15, 0.2) is 5.16 Å². The molecule has 0 saturated carbocycles. The summed E-state index contributed by atoms with van der Waals surface area (Å²) in [5.41, 5.74) is 0.827. The second-order valence-electron chi connectivity index (χ2n) is 3.89. The highest BCUT2D eigenvalue weighted by molar-refractivity contribution is 7.99. The van der Waals surface area contributed by atoms with Gasteiger partial charge < -0.3 is 14.4 Å². The standard InChI is InChI=1S/C11H15F3N2O3S/c1-2-8-5-15-10(20-6-9(17)18)16(8)3-4-19-7-11(12,13)14/h5H,2-4,6-7H2,1H3,(H,17,18). The average molecular weight is 312 g/mol. The highest BCUT2D eigenvalue weighted by Crippen LogP contribution is 2.19. The fourth-order valence-electron chi connectivity index (χ4n) is 1.50. The fraction of sp³-hybridized carbons (Fsp3) is 0.636. The number of nitrogens with zero attached hydrogens (tertiary/aromatic N) is 2. The quantitative estimate of drug-likeness (QED) is 0.589. The van der Waals surface area contributed by atoms with Crippen molar-refractivity contribution in [2.45, 2.75) is 31.2 Å². The molecule has 1 N–H and O–H groups in total. The number of aliphatic carboxylic acids is 1. The number of ether oxygens (including phenoxy) is 1. The molecule has 9 heteroatoms. The maximum Gasteiger partial charge on any atom is 0.411 e. The third-order valence-electron chi connectivity index (χ3n) is 2.31. The van der Waals surface area contributed by atoms with Crippen LogP contribution in [0.4, 0.5) is 13.2 Å². The molecule has 0 aliphatic heterocycles. The van der Waals surface area contributed by atoms with E-state index in [1.54, 1.807) is 10.8 Å². The topological polar surface area (TPSA) is 64.3 Å². The van der Waals surface area contributed by atoms with Gasteiger partial charge in [-0.1, -0.05) is 18.7 Å². The summed E-state index contributed by atoms with van der Waals surface area (Å²) in [4.78, 5) is 14.6. The predicted octanol–water partition coefficient (Wildman–Crippen LogP) is 2.20. The van der Waals surface area contributed by atoms with Crippen LogP contribution in [-0.4, -0.2) is 45.8 Å². The molecule has 1 aromatic rings. The Labute approximate surface area is 118 Å². The molecule has 0 atom stereocenters. The van der Waals surface area contributed by atoms with Crippen LogP contribution in [0.15, 0.2) is 11.4 Å². The summed E-state index contributed by atoms with van der Waals surface area (Å²) >= 11 is 1.03. The van der Waals surface area contributed by atoms with Crippen LogP contribution in [0.2, 0.25) is 0 Å². The van der Waals surface area contributed by atoms with E-state index in [4.69, 9.17) is 5.11 Å². The highest BCUT2D eigenvalue weighted by Gasteiger charge is 2.27. The Morgan fingerprint density at radius 3 is 2.80 bits per heavy atom. The molecular formula is C11H15F3N2O3S. The first-order chi connectivity index (χ1) is 9.33. The van der Waals surface area contributed by atoms with Crippen molar-refractivity contribution in [3.05, 3.63) is 11.9 Å². The normalized spacial score (nSPS) is 11.8. The predicted molar refractivity (Wildman–Crippen MR) is 66.8 cm³/mol. The molecule has 0 fully saturated rings. The van der Waals surface area contributed by atoms with Crippen molar-refractivity contribution in [3.63, 3.8) is 0 Å². The van der Waals surface area contributed by atoms with E-state index in [1.165, 1.54) is 0 Å². The highest BCUT2D eigenvalue weighted by atomic mass is 32.2. The smallest absolute Gasteiger partial charge is 0.411 e. The number of rotatable bonds is 8. The number of carbonyl (C=O) groups is 1. The SMILES string of the molecule is CCc1cnc(SCC(=O)O)n1CCOCC(F)(F)F. The molecule has 0 saturated heterocycles. The van der Waals surface area contributed by atoms with Crippen LogP contribution in [-0.2, 0) is 22.5 Å². The zero-order valence-corrected chi connectivity index (χ0v) is 11.6. The van der Waals surface area contributed by atoms with E-state index in [1.807, 2.05) is 6.92 Å². The minimum absolute atomic E-state index is 0.108. The summed E-state index contributed by atoms with van der Waals surface area (Å²) in [7, 11) is 0. The van der Waals surface area contributed by atoms with Crippen molar-refractivity contribution < 1.29 is 27.8 Å². The minimum atomic E-state index is -4.34. The van der Waals surface area contributed by atoms with Gasteiger partial charge in [-0.2, -0.15) is 13.2 Å². The van der Waals surface area contributed by atoms with Gasteiger partial charge in [-0.3, -0.25) is 4.79 Å². The van der Waals surface area contributed by atoms with E-state index in [0.29, 0.717) is 11.6 Å². The molecular weight excluding hydrogens is 297 g/mol. The lowest BCUT2D eigenvalue weighted by molar-refractivity contribution is -0.174. The third kappa shape index (κ3) is 5.83. The Hall–Kier alpha value is -1.22. The van der Waals surface area contributed by atoms with E-state index in [0.717, 1.165) is 17.5 Å². The minimum Gasteiger partial charge on any atom is -0.481 e. The number of hydrogen-bond acceptors (Lipinski definition) is 4. The van der Waals surface area contributed by atoms with Crippen molar-refractivity contribution in [1.82, 2.24) is 9.55 Å². The fourth-order valence-corrected chi connectivity index (χ4v) is 2.24. The Morgan fingerprint density at radius 1 is 1.55 bits per heavy atom. The summed E-state index contributed by atoms with van der Waals surface area (Å²) in [6.07, 6.45) is -2.10. The Morgan fingerprint density at radius 2 is 2.25 bits per heavy atom. The number of hydrogen-bond donors (Lipinski definition) is 1. The average Bonchev–Trinajstić information content (AvgIpc) is 2.73. The maximum atomic E-state index is 11.9. The lowest BCUT2D eigenvalue weighted by Gasteiger charge is -2.12. The van der Waals surface area contributed by atoms with Crippen LogP contribution in [0, 0.1) is 0 Å². The molecule has 0 bridgehead atoms. The number of carboxylic acid groups (broad SMARTS) is 1. The van der Waals surface area contributed by atoms with Crippen molar-refractivity contribution in [2.75, 3.05) is 19.0 Å². The Balaban J connectivity index is 2.57. The second kappa shape index (κ2) is 7.53. The van der Waals surface area contributed by atoms with Crippen LogP contribution in [0.25, 0.3) is 0 Å². The molecule has 0 aliphatic carbocycles. The zero-order chi connectivity index (χ0) is 15.2. The van der Waals surface area contributed by atoms with Gasteiger partial charge in [0.25, 0.3) is 0 Å². The summed E-state index contributed by atoms with van der Waals surface area (Å²) in [6, 6.07) is 0. The van der Waals surface area contributed by atoms with Gasteiger partial charge in [0.1, 0.15) is 6.61 Å². The summed E-state index contributed by atoms with van der Waals surface area (Å²) in [5, 5.41) is 9.10. The Bertz CT molecular complexity index is 449. The molecule has 1 aromatic heterocycles. The van der Waals surface area contributed by atoms with Crippen molar-refractivity contribution in [2.24, 2.45) is 0 Å². The molecule has 114 valence electrons. The summed E-state index contributed by atoms with van der Waals surface area (Å²) in [6.45, 7) is 0.696. The molecule has 0 amide bonds. The zero-order valence-electron chi connectivity index (χ0n) is 10.8. The van der Waals surface area contributed by atoms with Crippen LogP contribution >= 0.6 is 11.8 Å². The summed E-state index contributed by atoms with van der Waals surface area (Å²) in [5.74, 6) is -1.13. The van der Waals surface area contributed by atoms with Crippen molar-refractivity contribution in [3.8, 4) is 0 Å². The molecule has 20 heavy (non-hydrogen) atoms. The number of aromatic nitrogens is 2. The number of imidazole rings is 1. The number of aryl methyl sites for hydroxylation is 1. The number of thioether (sulfide) groups is 1. The van der Waals surface area contributed by atoms with Crippen molar-refractivity contribution in [1.29, 1.82) is 0 Å². The van der Waals surface area contributed by atoms with Gasteiger partial charge in [-0.05, 0) is 6.42 Å². The third-order valence-corrected chi connectivity index (χ3v) is 3.29. The van der Waals surface area contributed by atoms with Gasteiger partial charge in [0.2, 0.25) is 0 Å². The van der Waals surface area contributed by atoms with Gasteiger partial charge in [-0.15, -0.1) is 0 Å². The molecule has 0 unspecified atom stereocenters. The lowest BCUT2D eigenvalue weighted by Crippen LogP contribution is -2.19. The Kier molecular flexibility index (Phi) is 6.34. The molecule has 0 radical (unpaired) electrons. The first kappa shape index (κ1) is 16.8. The maximum absolute atomic E-state index is 11.9. The monoisotopic (exact) mass is 312 g/mol. The van der Waals surface area contributed by atoms with E-state index >= 15 is 0 Å². The van der Waals surface area contributed by atoms with Crippen LogP contribution in [0.3, 0.4) is 0 Å². The van der Waals surface area contributed by atoms with Gasteiger partial charge in [0, 0.05) is 18.4 Å².